The summed E-state index contributed by atoms with van der Waals surface area (Å²) in [7, 11) is 0. The maximum Gasteiger partial charge on any atom is 0.108 e. The van der Waals surface area contributed by atoms with Gasteiger partial charge in [0, 0.05) is 6.42 Å². The monoisotopic (exact) mass is 198 g/mol. The molecule has 0 N–H and O–H groups in total. The molecule has 0 saturated heterocycles. The molecule has 0 nitrogen and oxygen atoms in total. The number of hydrogen-bond acceptors (Lipinski definition) is 0. The van der Waals surface area contributed by atoms with E-state index >= 15 is 0 Å². The molecule has 0 unspecified atom stereocenters. The Morgan fingerprint density at radius 2 is 2.15 bits per heavy atom. The lowest BCUT2D eigenvalue weighted by Crippen LogP contribution is -1.97. The van der Waals surface area contributed by atoms with Gasteiger partial charge in [0.25, 0.3) is 0 Å². The van der Waals surface area contributed by atoms with Gasteiger partial charge in [0.1, 0.15) is 4.87 Å². The van der Waals surface area contributed by atoms with Crippen LogP contribution in [0.25, 0.3) is 0 Å². The molecule has 0 heterocycles. The standard InChI is InChI=1S/C12H19Cl/c1-3-5-7-9-12(13)10-11(12)8-6-4-2/h11H,3-6,8,10H2,1-2H3/t11-,12-/m1/s1. The minimum atomic E-state index is -0.121. The fourth-order valence-electron chi connectivity index (χ4n) is 1.57. The molecular formula is C12H19Cl. The number of hydrogen-bond donors (Lipinski definition) is 0. The summed E-state index contributed by atoms with van der Waals surface area (Å²) in [6, 6.07) is 0. The molecule has 0 radical (unpaired) electrons. The Kier molecular flexibility index (Phi) is 4.13. The van der Waals surface area contributed by atoms with E-state index in [1.54, 1.807) is 0 Å². The average Bonchev–Trinajstić information content (AvgIpc) is 2.75. The Hall–Kier alpha value is -0.150. The second-order valence-electron chi connectivity index (χ2n) is 3.96. The summed E-state index contributed by atoms with van der Waals surface area (Å²) in [5, 5.41) is 0. The molecule has 1 saturated carbocycles. The van der Waals surface area contributed by atoms with Crippen LogP contribution in [0.3, 0.4) is 0 Å². The van der Waals surface area contributed by atoms with Gasteiger partial charge in [0.15, 0.2) is 0 Å². The normalized spacial score (nSPS) is 30.8. The first-order chi connectivity index (χ1) is 6.23. The summed E-state index contributed by atoms with van der Waals surface area (Å²) < 4.78 is 0. The van der Waals surface area contributed by atoms with Crippen LogP contribution in [-0.4, -0.2) is 4.87 Å². The number of unbranched alkanes of at least 4 members (excludes halogenated alkanes) is 2. The zero-order chi connectivity index (χ0) is 9.73. The van der Waals surface area contributed by atoms with Crippen molar-refractivity contribution in [2.24, 2.45) is 5.92 Å². The van der Waals surface area contributed by atoms with E-state index in [4.69, 9.17) is 11.6 Å². The van der Waals surface area contributed by atoms with Crippen LogP contribution in [-0.2, 0) is 0 Å². The van der Waals surface area contributed by atoms with Gasteiger partial charge in [-0.2, -0.15) is 0 Å². The van der Waals surface area contributed by atoms with Gasteiger partial charge < -0.3 is 0 Å². The lowest BCUT2D eigenvalue weighted by Gasteiger charge is -1.98. The summed E-state index contributed by atoms with van der Waals surface area (Å²) in [5.41, 5.74) is 0. The molecule has 0 aliphatic heterocycles. The van der Waals surface area contributed by atoms with Crippen LogP contribution >= 0.6 is 11.6 Å². The van der Waals surface area contributed by atoms with Gasteiger partial charge in [-0.3, -0.25) is 0 Å². The van der Waals surface area contributed by atoms with Gasteiger partial charge in [0.2, 0.25) is 0 Å². The second-order valence-corrected chi connectivity index (χ2v) is 4.63. The van der Waals surface area contributed by atoms with Crippen molar-refractivity contribution in [1.29, 1.82) is 0 Å². The van der Waals surface area contributed by atoms with E-state index in [9.17, 15) is 0 Å². The highest BCUT2D eigenvalue weighted by molar-refractivity contribution is 6.28. The van der Waals surface area contributed by atoms with E-state index < -0.39 is 0 Å². The van der Waals surface area contributed by atoms with Crippen molar-refractivity contribution in [3.05, 3.63) is 0 Å². The fourth-order valence-corrected chi connectivity index (χ4v) is 1.93. The summed E-state index contributed by atoms with van der Waals surface area (Å²) in [6.07, 6.45) is 7.08. The van der Waals surface area contributed by atoms with Gasteiger partial charge in [0.05, 0.1) is 0 Å². The van der Waals surface area contributed by atoms with Crippen molar-refractivity contribution in [3.8, 4) is 11.8 Å². The predicted molar refractivity (Wildman–Crippen MR) is 58.9 cm³/mol. The second kappa shape index (κ2) is 4.91. The van der Waals surface area contributed by atoms with Crippen molar-refractivity contribution in [2.75, 3.05) is 0 Å². The third-order valence-corrected chi connectivity index (χ3v) is 3.17. The molecule has 0 aromatic rings. The van der Waals surface area contributed by atoms with Crippen LogP contribution in [0.1, 0.15) is 52.4 Å². The molecule has 0 spiro atoms. The van der Waals surface area contributed by atoms with Crippen LogP contribution in [0, 0.1) is 17.8 Å². The van der Waals surface area contributed by atoms with Crippen molar-refractivity contribution in [3.63, 3.8) is 0 Å². The molecule has 13 heavy (non-hydrogen) atoms. The minimum Gasteiger partial charge on any atom is -0.105 e. The lowest BCUT2D eigenvalue weighted by molar-refractivity contribution is 0.643. The molecule has 2 atom stereocenters. The third-order valence-electron chi connectivity index (χ3n) is 2.61. The predicted octanol–water partition coefficient (Wildman–Crippen LogP) is 3.98. The molecule has 1 rings (SSSR count). The first-order valence-corrected chi connectivity index (χ1v) is 5.79. The summed E-state index contributed by atoms with van der Waals surface area (Å²) in [6.45, 7) is 4.37. The molecule has 74 valence electrons. The van der Waals surface area contributed by atoms with E-state index in [0.717, 1.165) is 19.3 Å². The van der Waals surface area contributed by atoms with Crippen LogP contribution in [0.15, 0.2) is 0 Å². The van der Waals surface area contributed by atoms with E-state index in [1.807, 2.05) is 0 Å². The summed E-state index contributed by atoms with van der Waals surface area (Å²) in [4.78, 5) is -0.121. The summed E-state index contributed by atoms with van der Waals surface area (Å²) >= 11 is 6.31. The molecule has 1 heteroatoms. The van der Waals surface area contributed by atoms with Crippen molar-refractivity contribution < 1.29 is 0 Å². The Morgan fingerprint density at radius 1 is 1.38 bits per heavy atom. The van der Waals surface area contributed by atoms with Gasteiger partial charge in [-0.1, -0.05) is 32.6 Å². The molecule has 0 aromatic heterocycles. The van der Waals surface area contributed by atoms with Crippen LogP contribution in [0.2, 0.25) is 0 Å². The Labute approximate surface area is 87.1 Å². The Bertz CT molecular complexity index is 211. The first-order valence-electron chi connectivity index (χ1n) is 5.42. The van der Waals surface area contributed by atoms with Crippen molar-refractivity contribution in [1.82, 2.24) is 0 Å². The molecular weight excluding hydrogens is 180 g/mol. The number of rotatable bonds is 4. The fraction of sp³-hybridized carbons (Fsp3) is 0.833. The minimum absolute atomic E-state index is 0.121. The SMILES string of the molecule is CCCC#C[C@@]1(Cl)C[C@H]1CCCC. The van der Waals surface area contributed by atoms with Gasteiger partial charge in [-0.15, -0.1) is 17.5 Å². The molecule has 1 fully saturated rings. The highest BCUT2D eigenvalue weighted by atomic mass is 35.5. The Morgan fingerprint density at radius 3 is 2.77 bits per heavy atom. The quantitative estimate of drug-likeness (QED) is 0.474. The van der Waals surface area contributed by atoms with Crippen LogP contribution < -0.4 is 0 Å². The van der Waals surface area contributed by atoms with E-state index in [0.29, 0.717) is 5.92 Å². The topological polar surface area (TPSA) is 0 Å². The number of alkyl halides is 1. The van der Waals surface area contributed by atoms with E-state index in [-0.39, 0.29) is 4.87 Å². The van der Waals surface area contributed by atoms with Crippen LogP contribution in [0.5, 0.6) is 0 Å². The smallest absolute Gasteiger partial charge is 0.105 e. The van der Waals surface area contributed by atoms with E-state index in [1.165, 1.54) is 19.3 Å². The highest BCUT2D eigenvalue weighted by Crippen LogP contribution is 2.51. The Balaban J connectivity index is 2.25. The van der Waals surface area contributed by atoms with Gasteiger partial charge >= 0.3 is 0 Å². The van der Waals surface area contributed by atoms with Crippen molar-refractivity contribution >= 4 is 11.6 Å². The molecule has 1 aliphatic rings. The lowest BCUT2D eigenvalue weighted by atomic mass is 10.1. The highest BCUT2D eigenvalue weighted by Gasteiger charge is 2.50. The van der Waals surface area contributed by atoms with E-state index in [2.05, 4.69) is 25.7 Å². The van der Waals surface area contributed by atoms with Gasteiger partial charge in [-0.05, 0) is 25.2 Å². The third kappa shape index (κ3) is 3.24. The largest absolute Gasteiger partial charge is 0.108 e. The van der Waals surface area contributed by atoms with Crippen molar-refractivity contribution in [2.45, 2.75) is 57.2 Å². The molecule has 0 aromatic carbocycles. The van der Waals surface area contributed by atoms with Gasteiger partial charge in [-0.25, -0.2) is 0 Å². The maximum absolute atomic E-state index is 6.31. The number of halogens is 1. The average molecular weight is 199 g/mol. The molecule has 0 bridgehead atoms. The zero-order valence-electron chi connectivity index (χ0n) is 8.70. The summed E-state index contributed by atoms with van der Waals surface area (Å²) in [5.74, 6) is 7.05. The molecule has 1 aliphatic carbocycles. The van der Waals surface area contributed by atoms with Crippen LogP contribution in [0.4, 0.5) is 0 Å². The zero-order valence-corrected chi connectivity index (χ0v) is 9.45. The first kappa shape index (κ1) is 10.9. The maximum atomic E-state index is 6.31. The molecule has 0 amide bonds.